The third kappa shape index (κ3) is 4.84. The summed E-state index contributed by atoms with van der Waals surface area (Å²) in [4.78, 5) is 1.28. The molecule has 0 aromatic carbocycles. The van der Waals surface area contributed by atoms with E-state index in [1.165, 1.54) is 4.88 Å². The van der Waals surface area contributed by atoms with E-state index in [9.17, 15) is 0 Å². The first-order valence-corrected chi connectivity index (χ1v) is 7.08. The quantitative estimate of drug-likeness (QED) is 0.238. The van der Waals surface area contributed by atoms with Crippen molar-refractivity contribution in [1.29, 1.82) is 0 Å². The Balaban J connectivity index is 2.19. The Morgan fingerprint density at radius 1 is 1.50 bits per heavy atom. The van der Waals surface area contributed by atoms with Gasteiger partial charge in [-0.1, -0.05) is 30.6 Å². The maximum atomic E-state index is 8.66. The molecule has 0 spiro atoms. The molecule has 18 heavy (non-hydrogen) atoms. The van der Waals surface area contributed by atoms with Crippen molar-refractivity contribution in [3.05, 3.63) is 21.3 Å². The van der Waals surface area contributed by atoms with Crippen molar-refractivity contribution in [2.24, 2.45) is 16.3 Å². The predicted molar refractivity (Wildman–Crippen MR) is 77.7 cm³/mol. The highest BCUT2D eigenvalue weighted by atomic mass is 35.5. The normalized spacial score (nSPS) is 12.9. The lowest BCUT2D eigenvalue weighted by atomic mass is 9.88. The van der Waals surface area contributed by atoms with Crippen LogP contribution in [0.15, 0.2) is 17.3 Å². The molecule has 4 nitrogen and oxygen atoms in total. The SMILES string of the molecule is CC(C)(CCNCCc1ccc(Cl)s1)/C(N)=N/O. The van der Waals surface area contributed by atoms with Crippen molar-refractivity contribution in [3.8, 4) is 0 Å². The number of oxime groups is 1. The summed E-state index contributed by atoms with van der Waals surface area (Å²) in [5.41, 5.74) is 5.33. The molecule has 1 aromatic heterocycles. The van der Waals surface area contributed by atoms with E-state index in [4.69, 9.17) is 22.5 Å². The van der Waals surface area contributed by atoms with Crippen LogP contribution in [0.3, 0.4) is 0 Å². The minimum atomic E-state index is -0.284. The molecule has 0 saturated heterocycles. The Labute approximate surface area is 117 Å². The van der Waals surface area contributed by atoms with E-state index < -0.39 is 0 Å². The summed E-state index contributed by atoms with van der Waals surface area (Å²) in [6.07, 6.45) is 1.80. The van der Waals surface area contributed by atoms with E-state index in [1.807, 2.05) is 19.9 Å². The van der Waals surface area contributed by atoms with Gasteiger partial charge in [-0.2, -0.15) is 0 Å². The van der Waals surface area contributed by atoms with Gasteiger partial charge in [0.25, 0.3) is 0 Å². The summed E-state index contributed by atoms with van der Waals surface area (Å²) in [6, 6.07) is 3.97. The van der Waals surface area contributed by atoms with E-state index >= 15 is 0 Å². The molecule has 0 saturated carbocycles. The number of thiophene rings is 1. The monoisotopic (exact) mass is 289 g/mol. The smallest absolute Gasteiger partial charge is 0.144 e. The number of nitrogens with zero attached hydrogens (tertiary/aromatic N) is 1. The number of amidine groups is 1. The Bertz CT molecular complexity index is 404. The van der Waals surface area contributed by atoms with Crippen LogP contribution in [0, 0.1) is 5.41 Å². The zero-order valence-corrected chi connectivity index (χ0v) is 12.3. The molecular weight excluding hydrogens is 270 g/mol. The van der Waals surface area contributed by atoms with Gasteiger partial charge in [-0.05, 0) is 38.1 Å². The van der Waals surface area contributed by atoms with Crippen LogP contribution in [0.1, 0.15) is 25.1 Å². The van der Waals surface area contributed by atoms with Gasteiger partial charge in [0.2, 0.25) is 0 Å². The van der Waals surface area contributed by atoms with Crippen molar-refractivity contribution in [3.63, 3.8) is 0 Å². The summed E-state index contributed by atoms with van der Waals surface area (Å²) < 4.78 is 0.832. The topological polar surface area (TPSA) is 70.6 Å². The first kappa shape index (κ1) is 15.3. The van der Waals surface area contributed by atoms with E-state index in [2.05, 4.69) is 16.5 Å². The minimum absolute atomic E-state index is 0.273. The second-order valence-corrected chi connectivity index (χ2v) is 6.62. The fourth-order valence-corrected chi connectivity index (χ4v) is 2.57. The molecular formula is C12H20ClN3OS. The van der Waals surface area contributed by atoms with Crippen LogP contribution in [-0.4, -0.2) is 24.1 Å². The molecule has 4 N–H and O–H groups in total. The third-order valence-electron chi connectivity index (χ3n) is 2.90. The fourth-order valence-electron chi connectivity index (χ4n) is 1.49. The second kappa shape index (κ2) is 6.97. The lowest BCUT2D eigenvalue weighted by Crippen LogP contribution is -2.35. The molecule has 1 rings (SSSR count). The number of hydrogen-bond donors (Lipinski definition) is 3. The zero-order valence-electron chi connectivity index (χ0n) is 10.7. The van der Waals surface area contributed by atoms with Gasteiger partial charge in [-0.15, -0.1) is 11.3 Å². The Morgan fingerprint density at radius 2 is 2.22 bits per heavy atom. The predicted octanol–water partition coefficient (Wildman–Crippen LogP) is 2.70. The number of rotatable bonds is 7. The highest BCUT2D eigenvalue weighted by molar-refractivity contribution is 7.16. The summed E-state index contributed by atoms with van der Waals surface area (Å²) in [7, 11) is 0. The molecule has 1 heterocycles. The average molecular weight is 290 g/mol. The van der Waals surface area contributed by atoms with Gasteiger partial charge in [0, 0.05) is 10.3 Å². The van der Waals surface area contributed by atoms with Gasteiger partial charge in [-0.25, -0.2) is 0 Å². The van der Waals surface area contributed by atoms with E-state index in [-0.39, 0.29) is 11.3 Å². The Hall–Kier alpha value is -0.780. The summed E-state index contributed by atoms with van der Waals surface area (Å²) in [6.45, 7) is 5.66. The van der Waals surface area contributed by atoms with Crippen LogP contribution >= 0.6 is 22.9 Å². The first-order chi connectivity index (χ1) is 8.45. The standard InChI is InChI=1S/C12H20ClN3OS/c1-12(2,11(14)16-17)6-8-15-7-5-9-3-4-10(13)18-9/h3-4,15,17H,5-8H2,1-2H3,(H2,14,16). The first-order valence-electron chi connectivity index (χ1n) is 5.88. The number of nitrogens with one attached hydrogen (secondary N) is 1. The van der Waals surface area contributed by atoms with Crippen LogP contribution < -0.4 is 11.1 Å². The van der Waals surface area contributed by atoms with Crippen LogP contribution in [0.5, 0.6) is 0 Å². The molecule has 0 aliphatic heterocycles. The molecule has 0 bridgehead atoms. The number of halogens is 1. The summed E-state index contributed by atoms with van der Waals surface area (Å²) >= 11 is 7.47. The molecule has 0 radical (unpaired) electrons. The van der Waals surface area contributed by atoms with Crippen LogP contribution in [0.2, 0.25) is 4.34 Å². The van der Waals surface area contributed by atoms with Crippen LogP contribution in [0.4, 0.5) is 0 Å². The van der Waals surface area contributed by atoms with Gasteiger partial charge in [-0.3, -0.25) is 0 Å². The molecule has 0 unspecified atom stereocenters. The molecule has 0 atom stereocenters. The van der Waals surface area contributed by atoms with Crippen molar-refractivity contribution >= 4 is 28.8 Å². The molecule has 1 aromatic rings. The molecule has 6 heteroatoms. The lowest BCUT2D eigenvalue weighted by molar-refractivity contribution is 0.305. The summed E-state index contributed by atoms with van der Waals surface area (Å²) in [5.74, 6) is 0.273. The van der Waals surface area contributed by atoms with Gasteiger partial charge >= 0.3 is 0 Å². The molecule has 0 fully saturated rings. The van der Waals surface area contributed by atoms with Gasteiger partial charge in [0.1, 0.15) is 5.84 Å². The van der Waals surface area contributed by atoms with Crippen LogP contribution in [0.25, 0.3) is 0 Å². The van der Waals surface area contributed by atoms with Crippen molar-refractivity contribution in [1.82, 2.24) is 5.32 Å². The maximum absolute atomic E-state index is 8.66. The van der Waals surface area contributed by atoms with E-state index in [1.54, 1.807) is 11.3 Å². The molecule has 0 aliphatic rings. The van der Waals surface area contributed by atoms with Crippen molar-refractivity contribution < 1.29 is 5.21 Å². The summed E-state index contributed by atoms with van der Waals surface area (Å²) in [5, 5.41) is 15.1. The van der Waals surface area contributed by atoms with Gasteiger partial charge in [0.15, 0.2) is 0 Å². The van der Waals surface area contributed by atoms with Gasteiger partial charge in [0.05, 0.1) is 4.34 Å². The molecule has 0 amide bonds. The lowest BCUT2D eigenvalue weighted by Gasteiger charge is -2.22. The average Bonchev–Trinajstić information content (AvgIpc) is 2.73. The van der Waals surface area contributed by atoms with Crippen molar-refractivity contribution in [2.45, 2.75) is 26.7 Å². The van der Waals surface area contributed by atoms with E-state index in [0.29, 0.717) is 0 Å². The Morgan fingerprint density at radius 3 is 2.78 bits per heavy atom. The minimum Gasteiger partial charge on any atom is -0.409 e. The van der Waals surface area contributed by atoms with E-state index in [0.717, 1.165) is 30.3 Å². The zero-order chi connectivity index (χ0) is 13.6. The second-order valence-electron chi connectivity index (χ2n) is 4.82. The third-order valence-corrected chi connectivity index (χ3v) is 4.20. The largest absolute Gasteiger partial charge is 0.409 e. The number of nitrogens with two attached hydrogens (primary N) is 1. The fraction of sp³-hybridized carbons (Fsp3) is 0.583. The van der Waals surface area contributed by atoms with Crippen molar-refractivity contribution in [2.75, 3.05) is 13.1 Å². The van der Waals surface area contributed by atoms with Gasteiger partial charge < -0.3 is 16.3 Å². The Kier molecular flexibility index (Phi) is 5.91. The number of hydrogen-bond acceptors (Lipinski definition) is 4. The maximum Gasteiger partial charge on any atom is 0.144 e. The highest BCUT2D eigenvalue weighted by Gasteiger charge is 2.22. The molecule has 102 valence electrons. The molecule has 0 aliphatic carbocycles. The highest BCUT2D eigenvalue weighted by Crippen LogP contribution is 2.21. The van der Waals surface area contributed by atoms with Crippen LogP contribution in [-0.2, 0) is 6.42 Å².